The van der Waals surface area contributed by atoms with Crippen molar-refractivity contribution in [3.8, 4) is 22.6 Å². The number of rotatable bonds is 5. The van der Waals surface area contributed by atoms with Gasteiger partial charge in [0.1, 0.15) is 11.5 Å². The number of aromatic nitrogens is 1. The third-order valence-electron chi connectivity index (χ3n) is 5.63. The molecule has 1 unspecified atom stereocenters. The molecule has 0 bridgehead atoms. The van der Waals surface area contributed by atoms with Crippen LogP contribution in [0.3, 0.4) is 0 Å². The lowest BCUT2D eigenvalue weighted by Gasteiger charge is -2.20. The summed E-state index contributed by atoms with van der Waals surface area (Å²) in [5.74, 6) is 1.08. The maximum Gasteiger partial charge on any atom is 0.210 e. The number of hydrogen-bond donors (Lipinski definition) is 0. The van der Waals surface area contributed by atoms with Gasteiger partial charge in [-0.15, -0.1) is 0 Å². The molecular formula is C23H23BrN2O4. The Balaban J connectivity index is 2.08. The van der Waals surface area contributed by atoms with Crippen molar-refractivity contribution in [2.75, 3.05) is 20.8 Å². The molecule has 7 heteroatoms. The van der Waals surface area contributed by atoms with Crippen LogP contribution in [0.25, 0.3) is 22.0 Å². The Morgan fingerprint density at radius 2 is 1.90 bits per heavy atom. The Morgan fingerprint density at radius 3 is 2.57 bits per heavy atom. The van der Waals surface area contributed by atoms with E-state index in [1.807, 2.05) is 18.2 Å². The zero-order valence-electron chi connectivity index (χ0n) is 16.9. The van der Waals surface area contributed by atoms with Crippen LogP contribution in [0.2, 0.25) is 0 Å². The summed E-state index contributed by atoms with van der Waals surface area (Å²) in [5.41, 5.74) is 3.93. The SMILES string of the molecule is COc1cc(OC)c2c(-c3ccc(Br)cc3)cn3c2c1C(C[N+](=O)[O-])CC/C=C\C3. The topological polar surface area (TPSA) is 66.5 Å². The van der Waals surface area contributed by atoms with Gasteiger partial charge in [-0.05, 0) is 30.5 Å². The fourth-order valence-electron chi connectivity index (χ4n) is 4.31. The molecule has 0 aliphatic carbocycles. The molecule has 0 fully saturated rings. The van der Waals surface area contributed by atoms with Gasteiger partial charge in [-0.1, -0.05) is 40.2 Å². The van der Waals surface area contributed by atoms with Gasteiger partial charge < -0.3 is 14.0 Å². The third kappa shape index (κ3) is 3.69. The predicted molar refractivity (Wildman–Crippen MR) is 121 cm³/mol. The van der Waals surface area contributed by atoms with Crippen molar-refractivity contribution < 1.29 is 14.4 Å². The van der Waals surface area contributed by atoms with Crippen molar-refractivity contribution in [1.29, 1.82) is 0 Å². The first-order valence-corrected chi connectivity index (χ1v) is 10.6. The number of allylic oxidation sites excluding steroid dienone is 2. The van der Waals surface area contributed by atoms with Gasteiger partial charge in [0.05, 0.1) is 31.0 Å². The lowest BCUT2D eigenvalue weighted by Crippen LogP contribution is -2.15. The van der Waals surface area contributed by atoms with Gasteiger partial charge >= 0.3 is 0 Å². The highest BCUT2D eigenvalue weighted by Gasteiger charge is 2.29. The molecule has 30 heavy (non-hydrogen) atoms. The maximum atomic E-state index is 11.5. The minimum absolute atomic E-state index is 0.134. The van der Waals surface area contributed by atoms with Gasteiger partial charge in [0, 0.05) is 39.3 Å². The van der Waals surface area contributed by atoms with E-state index < -0.39 is 0 Å². The van der Waals surface area contributed by atoms with Crippen LogP contribution in [0, 0.1) is 10.1 Å². The Kier molecular flexibility index (Phi) is 5.81. The number of methoxy groups -OCH3 is 2. The number of benzene rings is 2. The van der Waals surface area contributed by atoms with Gasteiger partial charge in [-0.3, -0.25) is 10.1 Å². The molecule has 2 heterocycles. The quantitative estimate of drug-likeness (QED) is 0.268. The van der Waals surface area contributed by atoms with Gasteiger partial charge in [-0.2, -0.15) is 0 Å². The lowest BCUT2D eigenvalue weighted by molar-refractivity contribution is -0.483. The zero-order chi connectivity index (χ0) is 21.3. The van der Waals surface area contributed by atoms with E-state index in [0.717, 1.165) is 38.5 Å². The first kappa shape index (κ1) is 20.5. The van der Waals surface area contributed by atoms with Crippen LogP contribution in [0.15, 0.2) is 53.2 Å². The van der Waals surface area contributed by atoms with E-state index in [9.17, 15) is 10.1 Å². The van der Waals surface area contributed by atoms with Gasteiger partial charge in [0.25, 0.3) is 0 Å². The second-order valence-corrected chi connectivity index (χ2v) is 8.30. The summed E-state index contributed by atoms with van der Waals surface area (Å²) in [7, 11) is 3.25. The van der Waals surface area contributed by atoms with Crippen molar-refractivity contribution in [2.24, 2.45) is 0 Å². The molecule has 0 N–H and O–H groups in total. The summed E-state index contributed by atoms with van der Waals surface area (Å²) >= 11 is 3.50. The molecule has 156 valence electrons. The number of halogens is 1. The molecule has 0 saturated heterocycles. The Hall–Kier alpha value is -2.80. The zero-order valence-corrected chi connectivity index (χ0v) is 18.5. The maximum absolute atomic E-state index is 11.5. The van der Waals surface area contributed by atoms with Crippen LogP contribution in [0.1, 0.15) is 24.3 Å². The molecule has 0 spiro atoms. The Bertz CT molecular complexity index is 1120. The minimum atomic E-state index is -0.252. The number of hydrogen-bond acceptors (Lipinski definition) is 4. The van der Waals surface area contributed by atoms with E-state index in [2.05, 4.69) is 51.0 Å². The van der Waals surface area contributed by atoms with Crippen LogP contribution in [-0.2, 0) is 6.54 Å². The molecule has 2 aromatic carbocycles. The third-order valence-corrected chi connectivity index (χ3v) is 6.16. The second-order valence-electron chi connectivity index (χ2n) is 7.38. The van der Waals surface area contributed by atoms with Crippen LogP contribution in [0.5, 0.6) is 11.5 Å². The summed E-state index contributed by atoms with van der Waals surface area (Å²) in [6.45, 7) is 0.548. The molecule has 4 rings (SSSR count). The molecule has 1 aliphatic rings. The highest BCUT2D eigenvalue weighted by molar-refractivity contribution is 9.10. The van der Waals surface area contributed by atoms with Crippen LogP contribution in [-0.4, -0.2) is 30.3 Å². The van der Waals surface area contributed by atoms with Crippen LogP contribution in [0.4, 0.5) is 0 Å². The summed E-state index contributed by atoms with van der Waals surface area (Å²) in [6.07, 6.45) is 7.81. The predicted octanol–water partition coefficient (Wildman–Crippen LogP) is 5.80. The largest absolute Gasteiger partial charge is 0.496 e. The molecule has 1 aromatic heterocycles. The van der Waals surface area contributed by atoms with E-state index in [0.29, 0.717) is 24.5 Å². The standard InChI is InChI=1S/C23H23BrN2O4/c1-29-19-12-20(30-2)22-18(15-7-9-17(24)10-8-15)14-25-11-5-3-4-6-16(13-26(27)28)21(19)23(22)25/h3,5,7-10,12,14,16H,4,6,11,13H2,1-2H3/b5-3-. The van der Waals surface area contributed by atoms with E-state index in [1.54, 1.807) is 14.2 Å². The average molecular weight is 471 g/mol. The molecular weight excluding hydrogens is 448 g/mol. The number of ether oxygens (including phenoxy) is 2. The summed E-state index contributed by atoms with van der Waals surface area (Å²) in [5, 5.41) is 12.4. The number of nitro groups is 1. The van der Waals surface area contributed by atoms with Gasteiger partial charge in [0.2, 0.25) is 6.54 Å². The van der Waals surface area contributed by atoms with Gasteiger partial charge in [-0.25, -0.2) is 0 Å². The lowest BCUT2D eigenvalue weighted by atomic mass is 9.90. The highest BCUT2D eigenvalue weighted by Crippen LogP contribution is 2.46. The van der Waals surface area contributed by atoms with E-state index in [1.165, 1.54) is 0 Å². The van der Waals surface area contributed by atoms with Crippen molar-refractivity contribution in [2.45, 2.75) is 25.3 Å². The summed E-state index contributed by atoms with van der Waals surface area (Å²) in [6, 6.07) is 10.00. The molecule has 0 amide bonds. The van der Waals surface area contributed by atoms with Crippen molar-refractivity contribution in [3.05, 3.63) is 68.8 Å². The fourth-order valence-corrected chi connectivity index (χ4v) is 4.57. The first-order chi connectivity index (χ1) is 14.5. The Labute approximate surface area is 183 Å². The molecule has 0 radical (unpaired) electrons. The van der Waals surface area contributed by atoms with Crippen molar-refractivity contribution in [1.82, 2.24) is 4.57 Å². The normalized spacial score (nSPS) is 17.1. The fraction of sp³-hybridized carbons (Fsp3) is 0.304. The first-order valence-electron chi connectivity index (χ1n) is 9.84. The van der Waals surface area contributed by atoms with E-state index in [4.69, 9.17) is 9.47 Å². The van der Waals surface area contributed by atoms with E-state index in [-0.39, 0.29) is 17.4 Å². The van der Waals surface area contributed by atoms with Crippen LogP contribution < -0.4 is 9.47 Å². The molecule has 0 saturated carbocycles. The second kappa shape index (κ2) is 8.52. The summed E-state index contributed by atoms with van der Waals surface area (Å²) < 4.78 is 14.6. The highest BCUT2D eigenvalue weighted by atomic mass is 79.9. The minimum Gasteiger partial charge on any atom is -0.496 e. The number of nitrogens with zero attached hydrogens (tertiary/aromatic N) is 2. The van der Waals surface area contributed by atoms with Crippen molar-refractivity contribution in [3.63, 3.8) is 0 Å². The molecule has 6 nitrogen and oxygen atoms in total. The molecule has 3 aromatic rings. The van der Waals surface area contributed by atoms with Gasteiger partial charge in [0.15, 0.2) is 0 Å². The monoisotopic (exact) mass is 470 g/mol. The van der Waals surface area contributed by atoms with E-state index >= 15 is 0 Å². The molecule has 1 atom stereocenters. The average Bonchev–Trinajstić information content (AvgIpc) is 3.13. The van der Waals surface area contributed by atoms with Crippen molar-refractivity contribution >= 4 is 26.8 Å². The Morgan fingerprint density at radius 1 is 1.17 bits per heavy atom. The van der Waals surface area contributed by atoms with Crippen LogP contribution >= 0.6 is 15.9 Å². The molecule has 1 aliphatic heterocycles. The smallest absolute Gasteiger partial charge is 0.210 e. The summed E-state index contributed by atoms with van der Waals surface area (Å²) in [4.78, 5) is 11.2.